The van der Waals surface area contributed by atoms with Crippen LogP contribution in [0.4, 0.5) is 0 Å². The number of hydrogen-bond acceptors (Lipinski definition) is 7. The number of rotatable bonds is 15. The van der Waals surface area contributed by atoms with E-state index in [0.29, 0.717) is 50.7 Å². The highest BCUT2D eigenvalue weighted by Gasteiger charge is 2.46. The van der Waals surface area contributed by atoms with Gasteiger partial charge in [0.15, 0.2) is 0 Å². The summed E-state index contributed by atoms with van der Waals surface area (Å²) in [6.45, 7) is 11.8. The lowest BCUT2D eigenvalue weighted by molar-refractivity contribution is -0.140. The van der Waals surface area contributed by atoms with Crippen molar-refractivity contribution in [3.05, 3.63) is 64.7 Å². The molecule has 0 bridgehead atoms. The monoisotopic (exact) mass is 578 g/mol. The van der Waals surface area contributed by atoms with E-state index in [1.807, 2.05) is 37.3 Å². The van der Waals surface area contributed by atoms with E-state index in [2.05, 4.69) is 18.7 Å². The van der Waals surface area contributed by atoms with Crippen LogP contribution in [0.1, 0.15) is 75.1 Å². The number of aliphatic hydroxyl groups is 1. The number of morpholine rings is 1. The molecule has 2 aromatic rings. The Balaban J connectivity index is 1.62. The summed E-state index contributed by atoms with van der Waals surface area (Å²) in [5.41, 5.74) is 2.17. The number of benzene rings is 2. The van der Waals surface area contributed by atoms with Gasteiger partial charge in [-0.1, -0.05) is 45.2 Å². The summed E-state index contributed by atoms with van der Waals surface area (Å²) >= 11 is 0. The van der Waals surface area contributed by atoms with Crippen molar-refractivity contribution in [2.45, 2.75) is 65.3 Å². The van der Waals surface area contributed by atoms with Gasteiger partial charge in [-0.25, -0.2) is 0 Å². The zero-order chi connectivity index (χ0) is 29.9. The van der Waals surface area contributed by atoms with Crippen LogP contribution >= 0.6 is 0 Å². The number of nitrogens with zero attached hydrogens (tertiary/aromatic N) is 2. The van der Waals surface area contributed by atoms with E-state index in [4.69, 9.17) is 14.2 Å². The largest absolute Gasteiger partial charge is 0.507 e. The molecule has 8 heteroatoms. The van der Waals surface area contributed by atoms with E-state index >= 15 is 0 Å². The van der Waals surface area contributed by atoms with Gasteiger partial charge in [0.25, 0.3) is 11.7 Å². The fraction of sp³-hybridized carbons (Fsp3) is 0.529. The number of unbranched alkanes of at least 4 members (excludes halogenated alkanes) is 3. The Morgan fingerprint density at radius 2 is 1.55 bits per heavy atom. The van der Waals surface area contributed by atoms with Crippen LogP contribution in [-0.4, -0.2) is 79.2 Å². The third-order valence-electron chi connectivity index (χ3n) is 7.95. The maximum atomic E-state index is 13.5. The van der Waals surface area contributed by atoms with E-state index in [-0.39, 0.29) is 11.3 Å². The number of aryl methyl sites for hydroxylation is 1. The van der Waals surface area contributed by atoms with Crippen LogP contribution in [0.15, 0.2) is 48.0 Å². The minimum absolute atomic E-state index is 0.116. The fourth-order valence-electron chi connectivity index (χ4n) is 5.51. The molecule has 1 amide bonds. The second-order valence-corrected chi connectivity index (χ2v) is 11.1. The van der Waals surface area contributed by atoms with Crippen molar-refractivity contribution in [2.24, 2.45) is 0 Å². The highest BCUT2D eigenvalue weighted by molar-refractivity contribution is 6.46. The van der Waals surface area contributed by atoms with Crippen molar-refractivity contribution in [3.63, 3.8) is 0 Å². The maximum Gasteiger partial charge on any atom is 0.295 e. The Kier molecular flexibility index (Phi) is 11.8. The van der Waals surface area contributed by atoms with Crippen molar-refractivity contribution in [2.75, 3.05) is 52.6 Å². The first-order chi connectivity index (χ1) is 20.4. The Morgan fingerprint density at radius 1 is 0.881 bits per heavy atom. The number of ketones is 1. The van der Waals surface area contributed by atoms with Gasteiger partial charge in [0, 0.05) is 31.7 Å². The SMILES string of the molecule is CCCCCOc1ccc(C2C(=C(O)c3ccc(OCCCC)cc3C)C(=O)C(=O)N2CCCN2CCOCC2)cc1. The molecule has 0 aliphatic carbocycles. The third-order valence-corrected chi connectivity index (χ3v) is 7.95. The van der Waals surface area contributed by atoms with Crippen LogP contribution in [0.2, 0.25) is 0 Å². The van der Waals surface area contributed by atoms with Crippen LogP contribution in [0.3, 0.4) is 0 Å². The first-order valence-electron chi connectivity index (χ1n) is 15.5. The van der Waals surface area contributed by atoms with E-state index in [9.17, 15) is 14.7 Å². The first kappa shape index (κ1) is 31.6. The van der Waals surface area contributed by atoms with Gasteiger partial charge in [-0.15, -0.1) is 0 Å². The predicted octanol–water partition coefficient (Wildman–Crippen LogP) is 5.89. The van der Waals surface area contributed by atoms with E-state index in [1.54, 1.807) is 17.0 Å². The summed E-state index contributed by atoms with van der Waals surface area (Å²) in [6, 6.07) is 12.3. The van der Waals surface area contributed by atoms with Gasteiger partial charge in [0.05, 0.1) is 38.0 Å². The minimum atomic E-state index is -0.691. The number of ether oxygens (including phenoxy) is 3. The molecule has 1 atom stereocenters. The van der Waals surface area contributed by atoms with Crippen molar-refractivity contribution in [3.8, 4) is 11.5 Å². The smallest absolute Gasteiger partial charge is 0.295 e. The van der Waals surface area contributed by atoms with Crippen molar-refractivity contribution in [1.29, 1.82) is 0 Å². The topological polar surface area (TPSA) is 88.5 Å². The normalized spacial score (nSPS) is 18.9. The number of carbonyl (C=O) groups is 2. The highest BCUT2D eigenvalue weighted by atomic mass is 16.5. The van der Waals surface area contributed by atoms with Gasteiger partial charge in [0.2, 0.25) is 0 Å². The molecule has 8 nitrogen and oxygen atoms in total. The molecule has 1 N–H and O–H groups in total. The number of Topliss-reactive ketones (excluding diaryl/α,β-unsaturated/α-hetero) is 1. The summed E-state index contributed by atoms with van der Waals surface area (Å²) in [5.74, 6) is 0.0549. The average Bonchev–Trinajstić information content (AvgIpc) is 3.25. The van der Waals surface area contributed by atoms with Crippen molar-refractivity contribution in [1.82, 2.24) is 9.80 Å². The Morgan fingerprint density at radius 3 is 2.24 bits per heavy atom. The van der Waals surface area contributed by atoms with Crippen LogP contribution in [0.5, 0.6) is 11.5 Å². The molecular weight excluding hydrogens is 532 g/mol. The average molecular weight is 579 g/mol. The van der Waals surface area contributed by atoms with Crippen LogP contribution in [0.25, 0.3) is 5.76 Å². The van der Waals surface area contributed by atoms with Gasteiger partial charge >= 0.3 is 0 Å². The molecule has 42 heavy (non-hydrogen) atoms. The molecule has 2 aliphatic heterocycles. The second kappa shape index (κ2) is 15.8. The van der Waals surface area contributed by atoms with Crippen molar-refractivity contribution >= 4 is 17.4 Å². The zero-order valence-electron chi connectivity index (χ0n) is 25.4. The lowest BCUT2D eigenvalue weighted by atomic mass is 9.93. The summed E-state index contributed by atoms with van der Waals surface area (Å²) in [4.78, 5) is 30.9. The molecule has 2 aromatic carbocycles. The van der Waals surface area contributed by atoms with E-state index in [1.165, 1.54) is 0 Å². The molecular formula is C34H46N2O6. The van der Waals surface area contributed by atoms with E-state index < -0.39 is 17.7 Å². The molecule has 228 valence electrons. The van der Waals surface area contributed by atoms with Gasteiger partial charge in [0.1, 0.15) is 17.3 Å². The molecule has 0 spiro atoms. The summed E-state index contributed by atoms with van der Waals surface area (Å²) in [7, 11) is 0. The van der Waals surface area contributed by atoms with E-state index in [0.717, 1.165) is 68.6 Å². The number of aliphatic hydroxyl groups excluding tert-OH is 1. The molecule has 2 aliphatic rings. The molecule has 2 saturated heterocycles. The zero-order valence-corrected chi connectivity index (χ0v) is 25.4. The summed E-state index contributed by atoms with van der Waals surface area (Å²) in [6.07, 6.45) is 5.94. The number of likely N-dealkylation sites (tertiary alicyclic amines) is 1. The van der Waals surface area contributed by atoms with Gasteiger partial charge in [-0.05, 0) is 67.6 Å². The predicted molar refractivity (Wildman–Crippen MR) is 164 cm³/mol. The number of carbonyl (C=O) groups excluding carboxylic acids is 2. The quantitative estimate of drug-likeness (QED) is 0.122. The molecule has 0 saturated carbocycles. The number of amides is 1. The molecule has 1 unspecified atom stereocenters. The minimum Gasteiger partial charge on any atom is -0.507 e. The van der Waals surface area contributed by atoms with Gasteiger partial charge in [-0.3, -0.25) is 14.5 Å². The van der Waals surface area contributed by atoms with Gasteiger partial charge in [-0.2, -0.15) is 0 Å². The Hall–Kier alpha value is -3.36. The van der Waals surface area contributed by atoms with Gasteiger partial charge < -0.3 is 24.2 Å². The molecule has 2 fully saturated rings. The summed E-state index contributed by atoms with van der Waals surface area (Å²) in [5, 5.41) is 11.6. The fourth-order valence-corrected chi connectivity index (χ4v) is 5.51. The maximum absolute atomic E-state index is 13.5. The lowest BCUT2D eigenvalue weighted by Crippen LogP contribution is -2.38. The van der Waals surface area contributed by atoms with Crippen LogP contribution < -0.4 is 9.47 Å². The van der Waals surface area contributed by atoms with Crippen LogP contribution in [-0.2, 0) is 14.3 Å². The lowest BCUT2D eigenvalue weighted by Gasteiger charge is -2.29. The molecule has 0 radical (unpaired) electrons. The first-order valence-corrected chi connectivity index (χ1v) is 15.5. The highest BCUT2D eigenvalue weighted by Crippen LogP contribution is 2.40. The standard InChI is InChI=1S/C34H46N2O6/c1-4-6-8-21-41-27-12-10-26(11-13-27)31-30(32(37)29-15-14-28(24-25(29)3)42-20-7-5-2)33(38)34(39)36(31)17-9-16-35-18-22-40-23-19-35/h10-15,24,31,37H,4-9,16-23H2,1-3H3. The summed E-state index contributed by atoms with van der Waals surface area (Å²) < 4.78 is 17.2. The third kappa shape index (κ3) is 7.92. The van der Waals surface area contributed by atoms with Crippen LogP contribution in [0, 0.1) is 6.92 Å². The second-order valence-electron chi connectivity index (χ2n) is 11.1. The Labute approximate surface area is 250 Å². The molecule has 0 aromatic heterocycles. The Bertz CT molecular complexity index is 1220. The molecule has 2 heterocycles. The number of hydrogen-bond donors (Lipinski definition) is 1. The molecule has 4 rings (SSSR count). The van der Waals surface area contributed by atoms with Crippen molar-refractivity contribution < 1.29 is 28.9 Å².